The van der Waals surface area contributed by atoms with Gasteiger partial charge in [0.15, 0.2) is 0 Å². The number of hydrogen-bond donors (Lipinski definition) is 1. The van der Waals surface area contributed by atoms with E-state index >= 15 is 0 Å². The van der Waals surface area contributed by atoms with Crippen LogP contribution in [0.1, 0.15) is 34.9 Å². The van der Waals surface area contributed by atoms with Crippen LogP contribution in [0.5, 0.6) is 0 Å². The van der Waals surface area contributed by atoms with Crippen molar-refractivity contribution in [2.75, 3.05) is 0 Å². The number of aliphatic carboxylic acids is 1. The van der Waals surface area contributed by atoms with E-state index in [1.54, 1.807) is 16.8 Å². The number of carbonyl (C=O) groups is 1. The van der Waals surface area contributed by atoms with Crippen LogP contribution in [0.15, 0.2) is 36.4 Å². The number of hydrogen-bond acceptors (Lipinski definition) is 3. The minimum Gasteiger partial charge on any atom is -0.477 e. The molecule has 1 N–H and O–H groups in total. The predicted octanol–water partition coefficient (Wildman–Crippen LogP) is 4.00. The summed E-state index contributed by atoms with van der Waals surface area (Å²) in [4.78, 5) is 10.9. The second-order valence-corrected chi connectivity index (χ2v) is 6.28. The van der Waals surface area contributed by atoms with E-state index < -0.39 is 17.5 Å². The Morgan fingerprint density at radius 2 is 2.07 bits per heavy atom. The van der Waals surface area contributed by atoms with E-state index in [1.807, 2.05) is 19.9 Å². The minimum absolute atomic E-state index is 0.230. The van der Waals surface area contributed by atoms with Gasteiger partial charge >= 0.3 is 11.9 Å². The SMILES string of the molecule is CCc1nn(Cc2c(C)cccc2C#N)c2cc(C(F)(F)C(=O)O)ccc12. The Bertz CT molecular complexity index is 1080. The summed E-state index contributed by atoms with van der Waals surface area (Å²) in [6, 6.07) is 11.2. The van der Waals surface area contributed by atoms with E-state index in [2.05, 4.69) is 11.2 Å². The third-order valence-corrected chi connectivity index (χ3v) is 4.63. The zero-order valence-corrected chi connectivity index (χ0v) is 14.8. The first-order chi connectivity index (χ1) is 12.8. The average Bonchev–Trinajstić information content (AvgIpc) is 3.00. The predicted molar refractivity (Wildman–Crippen MR) is 95.6 cm³/mol. The van der Waals surface area contributed by atoms with Crippen molar-refractivity contribution in [2.45, 2.75) is 32.7 Å². The molecular formula is C20H17F2N3O2. The standard InChI is InChI=1S/C20H17F2N3O2/c1-3-17-15-8-7-14(20(21,22)19(26)27)9-18(15)25(24-17)11-16-12(2)5-4-6-13(16)10-23/h4-9H,3,11H2,1-2H3,(H,26,27). The highest BCUT2D eigenvalue weighted by Crippen LogP contribution is 2.32. The summed E-state index contributed by atoms with van der Waals surface area (Å²) in [6.45, 7) is 4.00. The molecule has 0 aliphatic rings. The molecule has 138 valence electrons. The fourth-order valence-electron chi connectivity index (χ4n) is 3.11. The van der Waals surface area contributed by atoms with Gasteiger partial charge in [0.2, 0.25) is 0 Å². The molecular weight excluding hydrogens is 352 g/mol. The van der Waals surface area contributed by atoms with Crippen LogP contribution in [-0.4, -0.2) is 20.9 Å². The fourth-order valence-corrected chi connectivity index (χ4v) is 3.11. The lowest BCUT2D eigenvalue weighted by Gasteiger charge is -2.13. The van der Waals surface area contributed by atoms with Crippen LogP contribution in [-0.2, 0) is 23.7 Å². The third-order valence-electron chi connectivity index (χ3n) is 4.63. The second-order valence-electron chi connectivity index (χ2n) is 6.28. The minimum atomic E-state index is -3.99. The number of aromatic nitrogens is 2. The molecule has 0 bridgehead atoms. The summed E-state index contributed by atoms with van der Waals surface area (Å²) >= 11 is 0. The average molecular weight is 369 g/mol. The van der Waals surface area contributed by atoms with Gasteiger partial charge in [-0.05, 0) is 36.6 Å². The second kappa shape index (κ2) is 6.80. The van der Waals surface area contributed by atoms with E-state index in [-0.39, 0.29) is 6.54 Å². The number of alkyl halides is 2. The summed E-state index contributed by atoms with van der Waals surface area (Å²) in [5.41, 5.74) is 2.67. The maximum Gasteiger partial charge on any atom is 0.379 e. The molecule has 27 heavy (non-hydrogen) atoms. The lowest BCUT2D eigenvalue weighted by molar-refractivity contribution is -0.166. The molecule has 2 aromatic carbocycles. The Kier molecular flexibility index (Phi) is 4.66. The molecule has 0 aliphatic heterocycles. The Morgan fingerprint density at radius 3 is 2.70 bits per heavy atom. The van der Waals surface area contributed by atoms with Crippen molar-refractivity contribution in [2.24, 2.45) is 0 Å². The zero-order valence-electron chi connectivity index (χ0n) is 14.8. The molecule has 1 aromatic heterocycles. The summed E-state index contributed by atoms with van der Waals surface area (Å²) in [6.07, 6.45) is 0.594. The number of fused-ring (bicyclic) bond motifs is 1. The highest BCUT2D eigenvalue weighted by molar-refractivity contribution is 5.85. The van der Waals surface area contributed by atoms with Crippen molar-refractivity contribution < 1.29 is 18.7 Å². The van der Waals surface area contributed by atoms with Gasteiger partial charge in [-0.15, -0.1) is 0 Å². The number of halogens is 2. The first kappa shape index (κ1) is 18.5. The first-order valence-corrected chi connectivity index (χ1v) is 8.39. The van der Waals surface area contributed by atoms with Gasteiger partial charge in [0.1, 0.15) is 0 Å². The van der Waals surface area contributed by atoms with Crippen molar-refractivity contribution in [3.63, 3.8) is 0 Å². The van der Waals surface area contributed by atoms with Gasteiger partial charge in [-0.3, -0.25) is 4.68 Å². The van der Waals surface area contributed by atoms with Gasteiger partial charge in [-0.1, -0.05) is 31.2 Å². The maximum absolute atomic E-state index is 14.0. The van der Waals surface area contributed by atoms with Crippen molar-refractivity contribution in [1.82, 2.24) is 9.78 Å². The van der Waals surface area contributed by atoms with E-state index in [9.17, 15) is 18.8 Å². The Hall–Kier alpha value is -3.27. The maximum atomic E-state index is 14.0. The van der Waals surface area contributed by atoms with Gasteiger partial charge in [0.05, 0.1) is 29.4 Å². The molecule has 0 spiro atoms. The third kappa shape index (κ3) is 3.14. The molecule has 1 heterocycles. The molecule has 0 saturated carbocycles. The fraction of sp³-hybridized carbons (Fsp3) is 0.250. The van der Waals surface area contributed by atoms with Gasteiger partial charge in [0.25, 0.3) is 0 Å². The lowest BCUT2D eigenvalue weighted by Crippen LogP contribution is -2.25. The Morgan fingerprint density at radius 1 is 1.33 bits per heavy atom. The van der Waals surface area contributed by atoms with Crippen LogP contribution in [0.4, 0.5) is 8.78 Å². The van der Waals surface area contributed by atoms with Crippen molar-refractivity contribution in [1.29, 1.82) is 5.26 Å². The van der Waals surface area contributed by atoms with E-state index in [0.29, 0.717) is 22.9 Å². The van der Waals surface area contributed by atoms with E-state index in [1.165, 1.54) is 12.1 Å². The summed E-state index contributed by atoms with van der Waals surface area (Å²) in [5.74, 6) is -6.19. The van der Waals surface area contributed by atoms with Crippen LogP contribution >= 0.6 is 0 Å². The van der Waals surface area contributed by atoms with Crippen molar-refractivity contribution in [3.05, 3.63) is 64.3 Å². The summed E-state index contributed by atoms with van der Waals surface area (Å²) in [7, 11) is 0. The largest absolute Gasteiger partial charge is 0.477 e. The van der Waals surface area contributed by atoms with Gasteiger partial charge in [-0.25, -0.2) is 4.79 Å². The van der Waals surface area contributed by atoms with Gasteiger partial charge in [0, 0.05) is 10.9 Å². The monoisotopic (exact) mass is 369 g/mol. The highest BCUT2D eigenvalue weighted by atomic mass is 19.3. The number of benzene rings is 2. The van der Waals surface area contributed by atoms with Crippen LogP contribution in [0.2, 0.25) is 0 Å². The molecule has 0 aliphatic carbocycles. The molecule has 3 rings (SSSR count). The first-order valence-electron chi connectivity index (χ1n) is 8.39. The Balaban J connectivity index is 2.19. The number of rotatable bonds is 5. The lowest BCUT2D eigenvalue weighted by atomic mass is 10.0. The number of aryl methyl sites for hydroxylation is 2. The highest BCUT2D eigenvalue weighted by Gasteiger charge is 2.41. The van der Waals surface area contributed by atoms with Crippen molar-refractivity contribution in [3.8, 4) is 6.07 Å². The molecule has 0 unspecified atom stereocenters. The molecule has 0 atom stereocenters. The van der Waals surface area contributed by atoms with E-state index in [4.69, 9.17) is 5.11 Å². The molecule has 0 fully saturated rings. The van der Waals surface area contributed by atoms with E-state index in [0.717, 1.165) is 22.9 Å². The van der Waals surface area contributed by atoms with Crippen LogP contribution in [0.3, 0.4) is 0 Å². The zero-order chi connectivity index (χ0) is 19.8. The summed E-state index contributed by atoms with van der Waals surface area (Å²) in [5, 5.41) is 23.4. The molecule has 0 radical (unpaired) electrons. The molecule has 0 amide bonds. The summed E-state index contributed by atoms with van der Waals surface area (Å²) < 4.78 is 29.5. The number of carboxylic acids is 1. The number of nitrogens with zero attached hydrogens (tertiary/aromatic N) is 3. The quantitative estimate of drug-likeness (QED) is 0.737. The smallest absolute Gasteiger partial charge is 0.379 e. The van der Waals surface area contributed by atoms with Gasteiger partial charge in [-0.2, -0.15) is 19.1 Å². The molecule has 0 saturated heterocycles. The molecule has 3 aromatic rings. The normalized spacial score (nSPS) is 11.5. The topological polar surface area (TPSA) is 78.9 Å². The number of carboxylic acid groups (broad SMARTS) is 1. The Labute approximate surface area is 154 Å². The number of nitriles is 1. The molecule has 5 nitrogen and oxygen atoms in total. The van der Waals surface area contributed by atoms with Gasteiger partial charge < -0.3 is 5.11 Å². The van der Waals surface area contributed by atoms with Crippen molar-refractivity contribution >= 4 is 16.9 Å². The van der Waals surface area contributed by atoms with Crippen LogP contribution in [0.25, 0.3) is 10.9 Å². The van der Waals surface area contributed by atoms with Crippen LogP contribution in [0, 0.1) is 18.3 Å². The van der Waals surface area contributed by atoms with Crippen LogP contribution < -0.4 is 0 Å². The molecule has 7 heteroatoms.